The highest BCUT2D eigenvalue weighted by molar-refractivity contribution is 5.87. The summed E-state index contributed by atoms with van der Waals surface area (Å²) in [6, 6.07) is 8.20. The molecule has 25 heavy (non-hydrogen) atoms. The molecule has 1 aromatic carbocycles. The maximum Gasteiger partial charge on any atom is 0.573 e. The lowest BCUT2D eigenvalue weighted by atomic mass is 10.2. The maximum atomic E-state index is 12.2. The number of alkyl halides is 3. The second-order valence-electron chi connectivity index (χ2n) is 4.95. The fraction of sp³-hybridized carbons (Fsp3) is 0.0625. The van der Waals surface area contributed by atoms with E-state index in [1.54, 1.807) is 12.3 Å². The van der Waals surface area contributed by atoms with Gasteiger partial charge in [-0.05, 0) is 36.4 Å². The maximum absolute atomic E-state index is 12.2. The average molecular weight is 349 g/mol. The monoisotopic (exact) mass is 349 g/mol. The molecule has 0 amide bonds. The zero-order valence-corrected chi connectivity index (χ0v) is 12.4. The first kappa shape index (κ1) is 16.5. The third-order valence-corrected chi connectivity index (χ3v) is 3.22. The number of halogens is 3. The quantitative estimate of drug-likeness (QED) is 0.780. The van der Waals surface area contributed by atoms with Gasteiger partial charge in [0.15, 0.2) is 0 Å². The van der Waals surface area contributed by atoms with E-state index in [-0.39, 0.29) is 11.3 Å². The third kappa shape index (κ3) is 3.94. The number of rotatable bonds is 4. The minimum absolute atomic E-state index is 0.0661. The van der Waals surface area contributed by atoms with E-state index >= 15 is 0 Å². The fourth-order valence-corrected chi connectivity index (χ4v) is 2.09. The van der Waals surface area contributed by atoms with Crippen molar-refractivity contribution in [2.24, 2.45) is 0 Å². The Hall–Kier alpha value is -3.36. The first-order chi connectivity index (χ1) is 11.8. The topological polar surface area (TPSA) is 77.2 Å². The van der Waals surface area contributed by atoms with Crippen molar-refractivity contribution in [1.29, 1.82) is 0 Å². The van der Waals surface area contributed by atoms with Crippen LogP contribution in [0.2, 0.25) is 0 Å². The van der Waals surface area contributed by atoms with E-state index in [1.807, 2.05) is 0 Å². The van der Waals surface area contributed by atoms with E-state index in [4.69, 9.17) is 5.11 Å². The van der Waals surface area contributed by atoms with Crippen LogP contribution in [-0.2, 0) is 0 Å². The molecule has 0 aliphatic heterocycles. The molecular formula is C16H10F3N3O3. The van der Waals surface area contributed by atoms with Crippen molar-refractivity contribution < 1.29 is 27.8 Å². The highest BCUT2D eigenvalue weighted by Crippen LogP contribution is 2.24. The van der Waals surface area contributed by atoms with Gasteiger partial charge < -0.3 is 9.84 Å². The van der Waals surface area contributed by atoms with Crippen molar-refractivity contribution in [2.75, 3.05) is 0 Å². The van der Waals surface area contributed by atoms with Gasteiger partial charge in [-0.2, -0.15) is 5.10 Å². The van der Waals surface area contributed by atoms with Gasteiger partial charge in [-0.25, -0.2) is 9.48 Å². The molecule has 2 aromatic heterocycles. The molecule has 3 aromatic rings. The Morgan fingerprint density at radius 2 is 1.80 bits per heavy atom. The van der Waals surface area contributed by atoms with Gasteiger partial charge in [-0.1, -0.05) is 0 Å². The van der Waals surface area contributed by atoms with E-state index in [9.17, 15) is 18.0 Å². The minimum atomic E-state index is -4.74. The Balaban J connectivity index is 1.80. The zero-order chi connectivity index (χ0) is 18.0. The molecule has 3 rings (SSSR count). The van der Waals surface area contributed by atoms with Gasteiger partial charge in [0.25, 0.3) is 0 Å². The lowest BCUT2D eigenvalue weighted by Gasteiger charge is -2.09. The molecule has 0 atom stereocenters. The van der Waals surface area contributed by atoms with E-state index in [1.165, 1.54) is 47.4 Å². The molecule has 6 nitrogen and oxygen atoms in total. The molecule has 0 saturated carbocycles. The van der Waals surface area contributed by atoms with E-state index in [0.717, 1.165) is 0 Å². The van der Waals surface area contributed by atoms with Gasteiger partial charge in [0, 0.05) is 18.0 Å². The van der Waals surface area contributed by atoms with Crippen molar-refractivity contribution in [3.63, 3.8) is 0 Å². The Morgan fingerprint density at radius 1 is 1.08 bits per heavy atom. The van der Waals surface area contributed by atoms with Crippen LogP contribution in [0.15, 0.2) is 55.0 Å². The Morgan fingerprint density at radius 3 is 2.36 bits per heavy atom. The Labute approximate surface area is 139 Å². The number of hydrogen-bond acceptors (Lipinski definition) is 4. The van der Waals surface area contributed by atoms with Crippen molar-refractivity contribution in [3.05, 3.63) is 60.6 Å². The van der Waals surface area contributed by atoms with E-state index in [2.05, 4.69) is 14.8 Å². The van der Waals surface area contributed by atoms with Crippen LogP contribution in [0.5, 0.6) is 5.75 Å². The van der Waals surface area contributed by atoms with Gasteiger partial charge in [-0.15, -0.1) is 13.2 Å². The summed E-state index contributed by atoms with van der Waals surface area (Å²) in [6.45, 7) is 0. The highest BCUT2D eigenvalue weighted by Gasteiger charge is 2.30. The SMILES string of the molecule is O=C(O)c1ccc(-c2cnn(-c3ccc(OC(F)(F)F)cc3)c2)nc1. The Kier molecular flexibility index (Phi) is 4.14. The van der Waals surface area contributed by atoms with Gasteiger partial charge >= 0.3 is 12.3 Å². The molecule has 0 unspecified atom stereocenters. The molecule has 0 bridgehead atoms. The number of carboxylic acid groups (broad SMARTS) is 1. The molecule has 9 heteroatoms. The predicted octanol–water partition coefficient (Wildman–Crippen LogP) is 3.53. The third-order valence-electron chi connectivity index (χ3n) is 3.22. The second kappa shape index (κ2) is 6.27. The predicted molar refractivity (Wildman–Crippen MR) is 80.4 cm³/mol. The summed E-state index contributed by atoms with van der Waals surface area (Å²) in [5, 5.41) is 13.0. The number of benzene rings is 1. The molecule has 128 valence electrons. The summed E-state index contributed by atoms with van der Waals surface area (Å²) in [7, 11) is 0. The fourth-order valence-electron chi connectivity index (χ4n) is 2.09. The van der Waals surface area contributed by atoms with Crippen LogP contribution in [0.4, 0.5) is 13.2 Å². The number of aromatic nitrogens is 3. The van der Waals surface area contributed by atoms with Gasteiger partial charge in [0.1, 0.15) is 5.75 Å². The van der Waals surface area contributed by atoms with Crippen LogP contribution in [0.3, 0.4) is 0 Å². The van der Waals surface area contributed by atoms with Crippen molar-refractivity contribution in [1.82, 2.24) is 14.8 Å². The number of ether oxygens (including phenoxy) is 1. The lowest BCUT2D eigenvalue weighted by molar-refractivity contribution is -0.274. The number of aromatic carboxylic acids is 1. The van der Waals surface area contributed by atoms with Crippen molar-refractivity contribution in [3.8, 4) is 22.7 Å². The van der Waals surface area contributed by atoms with Gasteiger partial charge in [0.2, 0.25) is 0 Å². The molecule has 2 heterocycles. The summed E-state index contributed by atoms with van der Waals surface area (Å²) >= 11 is 0. The second-order valence-corrected chi connectivity index (χ2v) is 4.95. The first-order valence-electron chi connectivity index (χ1n) is 6.92. The summed E-state index contributed by atoms with van der Waals surface area (Å²) in [5.41, 5.74) is 1.75. The number of hydrogen-bond donors (Lipinski definition) is 1. The van der Waals surface area contributed by atoms with Gasteiger partial charge in [-0.3, -0.25) is 4.98 Å². The normalized spacial score (nSPS) is 11.3. The molecular weight excluding hydrogens is 339 g/mol. The number of nitrogens with zero attached hydrogens (tertiary/aromatic N) is 3. The van der Waals surface area contributed by atoms with Gasteiger partial charge in [0.05, 0.1) is 23.1 Å². The average Bonchev–Trinajstić information content (AvgIpc) is 3.04. The molecule has 0 aliphatic carbocycles. The summed E-state index contributed by atoms with van der Waals surface area (Å²) in [4.78, 5) is 14.9. The van der Waals surface area contributed by atoms with Crippen LogP contribution < -0.4 is 4.74 Å². The molecule has 0 radical (unpaired) electrons. The molecule has 0 saturated heterocycles. The molecule has 0 aliphatic rings. The lowest BCUT2D eigenvalue weighted by Crippen LogP contribution is -2.17. The molecule has 1 N–H and O–H groups in total. The smallest absolute Gasteiger partial charge is 0.478 e. The largest absolute Gasteiger partial charge is 0.573 e. The molecule has 0 fully saturated rings. The van der Waals surface area contributed by atoms with Crippen molar-refractivity contribution >= 4 is 5.97 Å². The van der Waals surface area contributed by atoms with Crippen LogP contribution in [0.25, 0.3) is 16.9 Å². The summed E-state index contributed by atoms with van der Waals surface area (Å²) < 4.78 is 41.7. The zero-order valence-electron chi connectivity index (χ0n) is 12.4. The van der Waals surface area contributed by atoms with Crippen molar-refractivity contribution in [2.45, 2.75) is 6.36 Å². The molecule has 0 spiro atoms. The highest BCUT2D eigenvalue weighted by atomic mass is 19.4. The van der Waals surface area contributed by atoms with E-state index in [0.29, 0.717) is 16.9 Å². The van der Waals surface area contributed by atoms with Crippen LogP contribution in [0.1, 0.15) is 10.4 Å². The van der Waals surface area contributed by atoms with Crippen LogP contribution in [0, 0.1) is 0 Å². The van der Waals surface area contributed by atoms with Crippen LogP contribution in [-0.4, -0.2) is 32.2 Å². The van der Waals surface area contributed by atoms with Crippen LogP contribution >= 0.6 is 0 Å². The number of carbonyl (C=O) groups is 1. The minimum Gasteiger partial charge on any atom is -0.478 e. The van der Waals surface area contributed by atoms with E-state index < -0.39 is 12.3 Å². The summed E-state index contributed by atoms with van der Waals surface area (Å²) in [6.07, 6.45) is -0.363. The first-order valence-corrected chi connectivity index (χ1v) is 6.92. The Bertz CT molecular complexity index is 887. The number of pyridine rings is 1. The number of carboxylic acids is 1. The summed E-state index contributed by atoms with van der Waals surface area (Å²) in [5.74, 6) is -1.40. The standard InChI is InChI=1S/C16H10F3N3O3/c17-16(18,19)25-13-4-2-12(3-5-13)22-9-11(8-21-22)14-6-1-10(7-20-14)15(23)24/h1-9H,(H,23,24).